The first-order chi connectivity index (χ1) is 16.8. The number of esters is 2. The number of halogens is 1. The Labute approximate surface area is 203 Å². The fourth-order valence-corrected chi connectivity index (χ4v) is 2.68. The molecule has 0 bridgehead atoms. The van der Waals surface area contributed by atoms with Gasteiger partial charge in [-0.2, -0.15) is 0 Å². The first-order valence-corrected chi connectivity index (χ1v) is 10.5. The van der Waals surface area contributed by atoms with E-state index >= 15 is 0 Å². The largest absolute Gasteiger partial charge is 0.458 e. The van der Waals surface area contributed by atoms with Gasteiger partial charge in [-0.3, -0.25) is 0 Å². The minimum atomic E-state index is -0.494. The molecule has 0 aliphatic heterocycles. The lowest BCUT2D eigenvalue weighted by atomic mass is 10.1. The maximum absolute atomic E-state index is 14.5. The lowest BCUT2D eigenvalue weighted by molar-refractivity contribution is -0.139. The minimum absolute atomic E-state index is 0.141. The van der Waals surface area contributed by atoms with Crippen molar-refractivity contribution in [1.29, 1.82) is 0 Å². The molecule has 0 amide bonds. The zero-order valence-electron chi connectivity index (χ0n) is 19.1. The smallest absolute Gasteiger partial charge is 0.338 e. The maximum Gasteiger partial charge on any atom is 0.338 e. The number of hydrogen-bond acceptors (Lipinski definition) is 4. The molecule has 0 heterocycles. The lowest BCUT2D eigenvalue weighted by Crippen LogP contribution is -2.07. The van der Waals surface area contributed by atoms with E-state index in [0.717, 1.165) is 11.6 Å². The number of rotatable bonds is 5. The molecule has 0 fully saturated rings. The average Bonchev–Trinajstić information content (AvgIpc) is 2.86. The normalized spacial score (nSPS) is 9.54. The molecular weight excluding hydrogens is 443 g/mol. The summed E-state index contributed by atoms with van der Waals surface area (Å²) in [4.78, 5) is 22.7. The van der Waals surface area contributed by atoms with Gasteiger partial charge in [-0.15, -0.1) is 0 Å². The van der Waals surface area contributed by atoms with Crippen LogP contribution in [0, 0.1) is 29.5 Å². The molecule has 3 aromatic rings. The first kappa shape index (κ1) is 24.8. The molecule has 0 aliphatic rings. The average molecular weight is 464 g/mol. The summed E-state index contributed by atoms with van der Waals surface area (Å²) < 4.78 is 24.6. The number of benzene rings is 3. The van der Waals surface area contributed by atoms with Crippen molar-refractivity contribution in [3.05, 3.63) is 125 Å². The van der Waals surface area contributed by atoms with Crippen LogP contribution in [0.25, 0.3) is 0 Å². The van der Waals surface area contributed by atoms with Crippen molar-refractivity contribution in [2.45, 2.75) is 13.5 Å². The summed E-state index contributed by atoms with van der Waals surface area (Å²) in [5, 5.41) is 0. The van der Waals surface area contributed by atoms with Gasteiger partial charge in [-0.25, -0.2) is 14.0 Å². The molecule has 0 atom stereocenters. The van der Waals surface area contributed by atoms with Gasteiger partial charge in [0.1, 0.15) is 18.2 Å². The van der Waals surface area contributed by atoms with Crippen molar-refractivity contribution in [3.63, 3.8) is 0 Å². The van der Waals surface area contributed by atoms with E-state index in [9.17, 15) is 14.0 Å². The highest BCUT2D eigenvalue weighted by Crippen LogP contribution is 2.14. The predicted molar refractivity (Wildman–Crippen MR) is 132 cm³/mol. The SMILES string of the molecule is C=CC(=O)OCc1ccc(C#Cc2ccc(C#Cc3ccc(OC(=O)C(=C)C)cc3)cc2F)cc1. The van der Waals surface area contributed by atoms with Gasteiger partial charge in [0, 0.05) is 28.3 Å². The van der Waals surface area contributed by atoms with Crippen molar-refractivity contribution in [3.8, 4) is 29.4 Å². The van der Waals surface area contributed by atoms with E-state index < -0.39 is 17.8 Å². The highest BCUT2D eigenvalue weighted by atomic mass is 19.1. The van der Waals surface area contributed by atoms with E-state index in [0.29, 0.717) is 28.0 Å². The minimum Gasteiger partial charge on any atom is -0.458 e. The molecule has 3 aromatic carbocycles. The molecule has 0 spiro atoms. The summed E-state index contributed by atoms with van der Waals surface area (Å²) in [7, 11) is 0. The van der Waals surface area contributed by atoms with Crippen LogP contribution in [0.15, 0.2) is 91.5 Å². The third-order valence-electron chi connectivity index (χ3n) is 4.58. The van der Waals surface area contributed by atoms with Gasteiger partial charge in [-0.1, -0.05) is 49.0 Å². The molecule has 0 aliphatic carbocycles. The molecule has 5 heteroatoms. The first-order valence-electron chi connectivity index (χ1n) is 10.5. The second kappa shape index (κ2) is 11.8. The summed E-state index contributed by atoms with van der Waals surface area (Å²) in [6, 6.07) is 18.4. The zero-order chi connectivity index (χ0) is 25.2. The van der Waals surface area contributed by atoms with Gasteiger partial charge in [0.05, 0.1) is 5.56 Å². The summed E-state index contributed by atoms with van der Waals surface area (Å²) in [6.45, 7) is 8.60. The second-order valence-corrected chi connectivity index (χ2v) is 7.40. The molecule has 0 aromatic heterocycles. The van der Waals surface area contributed by atoms with Crippen molar-refractivity contribution in [2.75, 3.05) is 0 Å². The van der Waals surface area contributed by atoms with Crippen molar-refractivity contribution < 1.29 is 23.5 Å². The van der Waals surface area contributed by atoms with Gasteiger partial charge in [-0.05, 0) is 67.1 Å². The van der Waals surface area contributed by atoms with E-state index in [1.807, 2.05) is 0 Å². The topological polar surface area (TPSA) is 52.6 Å². The maximum atomic E-state index is 14.5. The summed E-state index contributed by atoms with van der Waals surface area (Å²) in [6.07, 6.45) is 1.11. The van der Waals surface area contributed by atoms with Crippen LogP contribution < -0.4 is 4.74 Å². The molecule has 0 saturated carbocycles. The van der Waals surface area contributed by atoms with Gasteiger partial charge in [0.2, 0.25) is 0 Å². The Balaban J connectivity index is 1.64. The lowest BCUT2D eigenvalue weighted by Gasteiger charge is -2.03. The third kappa shape index (κ3) is 7.60. The van der Waals surface area contributed by atoms with Gasteiger partial charge >= 0.3 is 11.9 Å². The van der Waals surface area contributed by atoms with Crippen LogP contribution in [0.2, 0.25) is 0 Å². The van der Waals surface area contributed by atoms with Crippen LogP contribution in [0.3, 0.4) is 0 Å². The predicted octanol–water partition coefficient (Wildman–Crippen LogP) is 5.34. The molecule has 4 nitrogen and oxygen atoms in total. The molecule has 0 radical (unpaired) electrons. The van der Waals surface area contributed by atoms with Crippen LogP contribution in [0.4, 0.5) is 4.39 Å². The molecule has 35 heavy (non-hydrogen) atoms. The van der Waals surface area contributed by atoms with Crippen LogP contribution in [-0.4, -0.2) is 11.9 Å². The van der Waals surface area contributed by atoms with Crippen LogP contribution in [0.1, 0.15) is 34.7 Å². The molecular formula is C30H21FO4. The van der Waals surface area contributed by atoms with E-state index in [1.165, 1.54) is 6.07 Å². The highest BCUT2D eigenvalue weighted by Gasteiger charge is 2.05. The van der Waals surface area contributed by atoms with Crippen molar-refractivity contribution in [1.82, 2.24) is 0 Å². The Morgan fingerprint density at radius 1 is 0.886 bits per heavy atom. The third-order valence-corrected chi connectivity index (χ3v) is 4.58. The molecule has 0 N–H and O–H groups in total. The van der Waals surface area contributed by atoms with Gasteiger partial charge in [0.15, 0.2) is 0 Å². The fourth-order valence-electron chi connectivity index (χ4n) is 2.68. The number of ether oxygens (including phenoxy) is 2. The zero-order valence-corrected chi connectivity index (χ0v) is 19.1. The van der Waals surface area contributed by atoms with E-state index in [-0.39, 0.29) is 12.2 Å². The van der Waals surface area contributed by atoms with Crippen LogP contribution >= 0.6 is 0 Å². The molecule has 0 saturated heterocycles. The van der Waals surface area contributed by atoms with E-state index in [4.69, 9.17) is 9.47 Å². The summed E-state index contributed by atoms with van der Waals surface area (Å²) in [5.74, 6) is 10.5. The Morgan fingerprint density at radius 2 is 1.46 bits per heavy atom. The monoisotopic (exact) mass is 464 g/mol. The van der Waals surface area contributed by atoms with Gasteiger partial charge in [0.25, 0.3) is 0 Å². The fraction of sp³-hybridized carbons (Fsp3) is 0.0667. The summed E-state index contributed by atoms with van der Waals surface area (Å²) in [5.41, 5.74) is 3.26. The Morgan fingerprint density at radius 3 is 2.06 bits per heavy atom. The standard InChI is InChI=1S/C30H21FO4/c1-4-29(32)34-20-25-9-6-22(7-10-25)11-15-26-16-12-24(19-28(26)31)8-5-23-13-17-27(18-14-23)35-30(33)21(2)3/h4,6-7,9-10,12-14,16-19H,1-2,20H2,3H3. The Bertz CT molecular complexity index is 1390. The van der Waals surface area contributed by atoms with E-state index in [1.54, 1.807) is 67.6 Å². The number of carbonyl (C=O) groups excluding carboxylic acids is 2. The second-order valence-electron chi connectivity index (χ2n) is 7.40. The molecule has 172 valence electrons. The van der Waals surface area contributed by atoms with Crippen molar-refractivity contribution >= 4 is 11.9 Å². The Hall–Kier alpha value is -4.87. The number of hydrogen-bond donors (Lipinski definition) is 0. The van der Waals surface area contributed by atoms with Crippen LogP contribution in [0.5, 0.6) is 5.75 Å². The Kier molecular flexibility index (Phi) is 8.38. The van der Waals surface area contributed by atoms with E-state index in [2.05, 4.69) is 36.8 Å². The summed E-state index contributed by atoms with van der Waals surface area (Å²) >= 11 is 0. The van der Waals surface area contributed by atoms with Gasteiger partial charge < -0.3 is 9.47 Å². The van der Waals surface area contributed by atoms with Crippen molar-refractivity contribution in [2.24, 2.45) is 0 Å². The quantitative estimate of drug-likeness (QED) is 0.222. The number of carbonyl (C=O) groups is 2. The molecule has 3 rings (SSSR count). The van der Waals surface area contributed by atoms with Crippen LogP contribution in [-0.2, 0) is 20.9 Å². The molecule has 0 unspecified atom stereocenters. The highest BCUT2D eigenvalue weighted by molar-refractivity contribution is 5.88.